The van der Waals surface area contributed by atoms with Crippen LogP contribution in [0.4, 0.5) is 0 Å². The van der Waals surface area contributed by atoms with Gasteiger partial charge < -0.3 is 19.3 Å². The molecule has 4 saturated carbocycles. The van der Waals surface area contributed by atoms with E-state index in [4.69, 9.17) is 14.2 Å². The van der Waals surface area contributed by atoms with E-state index in [1.165, 1.54) is 0 Å². The summed E-state index contributed by atoms with van der Waals surface area (Å²) in [7, 11) is 0. The van der Waals surface area contributed by atoms with Crippen molar-refractivity contribution in [1.29, 1.82) is 0 Å². The molecule has 0 saturated heterocycles. The molecule has 8 heteroatoms. The number of carboxylic acid groups (broad SMARTS) is 1. The fourth-order valence-electron chi connectivity index (χ4n) is 5.81. The van der Waals surface area contributed by atoms with Gasteiger partial charge >= 0.3 is 23.9 Å². The number of rotatable bonds is 5. The van der Waals surface area contributed by atoms with E-state index in [1.54, 1.807) is 41.5 Å². The van der Waals surface area contributed by atoms with Crippen molar-refractivity contribution in [3.05, 3.63) is 0 Å². The Balaban J connectivity index is 1.90. The van der Waals surface area contributed by atoms with Crippen LogP contribution in [-0.2, 0) is 33.4 Å². The van der Waals surface area contributed by atoms with Gasteiger partial charge in [-0.25, -0.2) is 9.59 Å². The third-order valence-corrected chi connectivity index (χ3v) is 6.58. The lowest BCUT2D eigenvalue weighted by atomic mass is 9.45. The third-order valence-electron chi connectivity index (χ3n) is 6.58. The number of carboxylic acids is 1. The van der Waals surface area contributed by atoms with Gasteiger partial charge in [-0.05, 0) is 97.3 Å². The Morgan fingerprint density at radius 1 is 0.774 bits per heavy atom. The Hall–Kier alpha value is -2.12. The summed E-state index contributed by atoms with van der Waals surface area (Å²) in [4.78, 5) is 51.4. The summed E-state index contributed by atoms with van der Waals surface area (Å²) in [5.74, 6) is -4.27. The molecule has 31 heavy (non-hydrogen) atoms. The van der Waals surface area contributed by atoms with Crippen LogP contribution in [0.15, 0.2) is 0 Å². The predicted molar refractivity (Wildman–Crippen MR) is 109 cm³/mol. The van der Waals surface area contributed by atoms with E-state index in [0.717, 1.165) is 6.42 Å². The molecule has 174 valence electrons. The summed E-state index contributed by atoms with van der Waals surface area (Å²) < 4.78 is 15.9. The van der Waals surface area contributed by atoms with Gasteiger partial charge in [-0.1, -0.05) is 0 Å². The standard InChI is InChI=1S/C23H34O8/c1-21(2,3)30-17(24)16(18(25)31-22(4,5)6)29-20(28)23(19(26)27)14-8-12-7-13(10-14)11-15(23)9-12/h12-16H,7-11H2,1-6H3,(H,26,27). The van der Waals surface area contributed by atoms with Crippen LogP contribution < -0.4 is 0 Å². The molecule has 0 atom stereocenters. The first kappa shape index (κ1) is 23.5. The fraction of sp³-hybridized carbons (Fsp3) is 0.826. The van der Waals surface area contributed by atoms with Crippen LogP contribution in [0, 0.1) is 29.1 Å². The van der Waals surface area contributed by atoms with Gasteiger partial charge in [-0.2, -0.15) is 0 Å². The van der Waals surface area contributed by atoms with Gasteiger partial charge in [-0.15, -0.1) is 0 Å². The summed E-state index contributed by atoms with van der Waals surface area (Å²) in [6, 6.07) is 0. The molecule has 0 heterocycles. The molecular weight excluding hydrogens is 404 g/mol. The molecule has 4 bridgehead atoms. The highest BCUT2D eigenvalue weighted by Gasteiger charge is 2.67. The van der Waals surface area contributed by atoms with Crippen LogP contribution in [0.3, 0.4) is 0 Å². The predicted octanol–water partition coefficient (Wildman–Crippen LogP) is 3.11. The number of ether oxygens (including phenoxy) is 3. The minimum atomic E-state index is -1.97. The maximum absolute atomic E-state index is 13.4. The zero-order valence-electron chi connectivity index (χ0n) is 19.2. The van der Waals surface area contributed by atoms with E-state index in [9.17, 15) is 24.3 Å². The molecule has 0 aromatic rings. The molecule has 0 aromatic carbocycles. The van der Waals surface area contributed by atoms with Gasteiger partial charge in [0.2, 0.25) is 0 Å². The molecular formula is C23H34O8. The SMILES string of the molecule is CC(C)(C)OC(=O)C(OC(=O)C1(C(=O)O)C2CC3CC(C2)CC1C3)C(=O)OC(C)(C)C. The average molecular weight is 439 g/mol. The summed E-state index contributed by atoms with van der Waals surface area (Å²) in [5.41, 5.74) is -3.61. The maximum atomic E-state index is 13.4. The maximum Gasteiger partial charge on any atom is 0.359 e. The van der Waals surface area contributed by atoms with Crippen molar-refractivity contribution >= 4 is 23.9 Å². The van der Waals surface area contributed by atoms with Crippen LogP contribution in [0.2, 0.25) is 0 Å². The highest BCUT2D eigenvalue weighted by atomic mass is 16.6. The van der Waals surface area contributed by atoms with Crippen molar-refractivity contribution < 1.29 is 38.5 Å². The first-order valence-corrected chi connectivity index (χ1v) is 11.0. The highest BCUT2D eigenvalue weighted by Crippen LogP contribution is 2.62. The monoisotopic (exact) mass is 438 g/mol. The fourth-order valence-corrected chi connectivity index (χ4v) is 5.81. The highest BCUT2D eigenvalue weighted by molar-refractivity contribution is 6.05. The second kappa shape index (κ2) is 7.78. The number of aliphatic carboxylic acids is 1. The second-order valence-electron chi connectivity index (χ2n) is 11.3. The van der Waals surface area contributed by atoms with Crippen molar-refractivity contribution in [3.8, 4) is 0 Å². The van der Waals surface area contributed by atoms with Gasteiger partial charge in [0, 0.05) is 0 Å². The van der Waals surface area contributed by atoms with Crippen LogP contribution >= 0.6 is 0 Å². The van der Waals surface area contributed by atoms with Crippen LogP contribution in [0.5, 0.6) is 0 Å². The Kier molecular flexibility index (Phi) is 5.91. The number of hydrogen-bond donors (Lipinski definition) is 1. The molecule has 4 rings (SSSR count). The number of carbonyl (C=O) groups is 4. The number of hydrogen-bond acceptors (Lipinski definition) is 7. The first-order valence-electron chi connectivity index (χ1n) is 11.0. The molecule has 4 aliphatic rings. The lowest BCUT2D eigenvalue weighted by molar-refractivity contribution is -0.211. The van der Waals surface area contributed by atoms with Gasteiger partial charge in [0.1, 0.15) is 11.2 Å². The summed E-state index contributed by atoms with van der Waals surface area (Å²) >= 11 is 0. The Bertz CT molecular complexity index is 713. The normalized spacial score (nSPS) is 32.0. The van der Waals surface area contributed by atoms with Crippen LogP contribution in [0.25, 0.3) is 0 Å². The molecule has 4 aliphatic carbocycles. The second-order valence-corrected chi connectivity index (χ2v) is 11.3. The van der Waals surface area contributed by atoms with E-state index in [0.29, 0.717) is 37.5 Å². The van der Waals surface area contributed by atoms with Crippen molar-refractivity contribution in [2.24, 2.45) is 29.1 Å². The minimum Gasteiger partial charge on any atom is -0.480 e. The Morgan fingerprint density at radius 3 is 1.48 bits per heavy atom. The Morgan fingerprint density at radius 2 is 1.16 bits per heavy atom. The van der Waals surface area contributed by atoms with Crippen molar-refractivity contribution in [1.82, 2.24) is 0 Å². The molecule has 8 nitrogen and oxygen atoms in total. The van der Waals surface area contributed by atoms with Crippen LogP contribution in [0.1, 0.15) is 73.6 Å². The molecule has 0 aliphatic heterocycles. The van der Waals surface area contributed by atoms with Crippen molar-refractivity contribution in [3.63, 3.8) is 0 Å². The molecule has 0 radical (unpaired) electrons. The van der Waals surface area contributed by atoms with E-state index in [-0.39, 0.29) is 11.8 Å². The Labute approximate surface area is 183 Å². The summed E-state index contributed by atoms with van der Waals surface area (Å²) in [6.45, 7) is 9.72. The largest absolute Gasteiger partial charge is 0.480 e. The topological polar surface area (TPSA) is 116 Å². The van der Waals surface area contributed by atoms with E-state index in [2.05, 4.69) is 0 Å². The molecule has 0 unspecified atom stereocenters. The lowest BCUT2D eigenvalue weighted by Crippen LogP contribution is -2.62. The summed E-state index contributed by atoms with van der Waals surface area (Å²) in [6.07, 6.45) is 1.71. The number of esters is 3. The van der Waals surface area contributed by atoms with E-state index >= 15 is 0 Å². The first-order chi connectivity index (χ1) is 14.1. The van der Waals surface area contributed by atoms with Crippen LogP contribution in [-0.4, -0.2) is 46.3 Å². The zero-order valence-corrected chi connectivity index (χ0v) is 19.2. The van der Waals surface area contributed by atoms with Crippen molar-refractivity contribution in [2.75, 3.05) is 0 Å². The molecule has 0 spiro atoms. The molecule has 1 N–H and O–H groups in total. The third kappa shape index (κ3) is 4.58. The van der Waals surface area contributed by atoms with Gasteiger partial charge in [0.25, 0.3) is 6.10 Å². The van der Waals surface area contributed by atoms with Gasteiger partial charge in [0.05, 0.1) is 0 Å². The van der Waals surface area contributed by atoms with Crippen molar-refractivity contribution in [2.45, 2.75) is 91.0 Å². The molecule has 4 fully saturated rings. The van der Waals surface area contributed by atoms with Gasteiger partial charge in [-0.3, -0.25) is 9.59 Å². The average Bonchev–Trinajstić information content (AvgIpc) is 2.55. The zero-order chi connectivity index (χ0) is 23.4. The summed E-state index contributed by atoms with van der Waals surface area (Å²) in [5, 5.41) is 10.2. The van der Waals surface area contributed by atoms with Gasteiger partial charge in [0.15, 0.2) is 5.41 Å². The van der Waals surface area contributed by atoms with E-state index < -0.39 is 46.6 Å². The minimum absolute atomic E-state index is 0.355. The number of carbonyl (C=O) groups excluding carboxylic acids is 3. The molecule has 0 aromatic heterocycles. The quantitative estimate of drug-likeness (QED) is 0.395. The lowest BCUT2D eigenvalue weighted by Gasteiger charge is -2.57. The smallest absolute Gasteiger partial charge is 0.359 e. The molecule has 0 amide bonds. The van der Waals surface area contributed by atoms with E-state index in [1.807, 2.05) is 0 Å².